The average molecular weight is 230 g/mol. The molecule has 2 heterocycles. The molecule has 0 bridgehead atoms. The Balaban J connectivity index is 1.71. The zero-order chi connectivity index (χ0) is 10.7. The molecular weight excluding hydrogens is 216 g/mol. The third-order valence-electron chi connectivity index (χ3n) is 2.47. The van der Waals surface area contributed by atoms with Gasteiger partial charge in [-0.25, -0.2) is 13.4 Å². The minimum absolute atomic E-state index is 0.110. The van der Waals surface area contributed by atoms with Crippen LogP contribution in [0.1, 0.15) is 6.42 Å². The topological polar surface area (TPSA) is 76.9 Å². The van der Waals surface area contributed by atoms with Gasteiger partial charge < -0.3 is 5.32 Å². The van der Waals surface area contributed by atoms with Crippen LogP contribution in [0.5, 0.6) is 0 Å². The van der Waals surface area contributed by atoms with Crippen LogP contribution in [0.2, 0.25) is 0 Å². The highest BCUT2D eigenvalue weighted by Gasteiger charge is 2.26. The minimum Gasteiger partial charge on any atom is -0.311 e. The predicted octanol–water partition coefficient (Wildman–Crippen LogP) is -0.945. The number of sulfone groups is 1. The van der Waals surface area contributed by atoms with E-state index in [2.05, 4.69) is 15.4 Å². The van der Waals surface area contributed by atoms with E-state index >= 15 is 0 Å². The molecule has 1 saturated heterocycles. The SMILES string of the molecule is O=S1(=O)CCC(NCCn2cncn2)C1. The van der Waals surface area contributed by atoms with E-state index in [1.807, 2.05) is 0 Å². The van der Waals surface area contributed by atoms with Crippen LogP contribution in [-0.2, 0) is 16.4 Å². The van der Waals surface area contributed by atoms with Crippen LogP contribution in [-0.4, -0.2) is 47.3 Å². The fourth-order valence-electron chi connectivity index (χ4n) is 1.69. The van der Waals surface area contributed by atoms with Crippen molar-refractivity contribution >= 4 is 9.84 Å². The summed E-state index contributed by atoms with van der Waals surface area (Å²) in [7, 11) is -2.78. The molecule has 0 spiro atoms. The summed E-state index contributed by atoms with van der Waals surface area (Å²) in [6.07, 6.45) is 3.85. The van der Waals surface area contributed by atoms with Crippen LogP contribution in [0.4, 0.5) is 0 Å². The second-order valence-corrected chi connectivity index (χ2v) is 5.94. The molecule has 15 heavy (non-hydrogen) atoms. The highest BCUT2D eigenvalue weighted by atomic mass is 32.2. The molecule has 0 radical (unpaired) electrons. The van der Waals surface area contributed by atoms with Gasteiger partial charge in [0.15, 0.2) is 9.84 Å². The Bertz CT molecular complexity index is 400. The van der Waals surface area contributed by atoms with Crippen LogP contribution < -0.4 is 5.32 Å². The van der Waals surface area contributed by atoms with Crippen molar-refractivity contribution in [2.75, 3.05) is 18.1 Å². The number of aromatic nitrogens is 3. The van der Waals surface area contributed by atoms with E-state index in [1.54, 1.807) is 11.0 Å². The maximum Gasteiger partial charge on any atom is 0.151 e. The zero-order valence-corrected chi connectivity index (χ0v) is 9.15. The summed E-state index contributed by atoms with van der Waals surface area (Å²) in [4.78, 5) is 3.82. The lowest BCUT2D eigenvalue weighted by molar-refractivity contribution is 0.499. The zero-order valence-electron chi connectivity index (χ0n) is 8.33. The summed E-state index contributed by atoms with van der Waals surface area (Å²) in [6.45, 7) is 1.44. The van der Waals surface area contributed by atoms with Gasteiger partial charge in [0.05, 0.1) is 18.1 Å². The van der Waals surface area contributed by atoms with Gasteiger partial charge in [0.2, 0.25) is 0 Å². The van der Waals surface area contributed by atoms with Crippen molar-refractivity contribution < 1.29 is 8.42 Å². The Morgan fingerprint density at radius 2 is 2.40 bits per heavy atom. The molecule has 0 amide bonds. The summed E-state index contributed by atoms with van der Waals surface area (Å²) in [6, 6.07) is 0.110. The molecule has 0 aliphatic carbocycles. The molecule has 2 rings (SSSR count). The van der Waals surface area contributed by atoms with Crippen molar-refractivity contribution in [1.82, 2.24) is 20.1 Å². The smallest absolute Gasteiger partial charge is 0.151 e. The van der Waals surface area contributed by atoms with Crippen molar-refractivity contribution in [3.05, 3.63) is 12.7 Å². The molecule has 1 unspecified atom stereocenters. The molecule has 0 saturated carbocycles. The van der Waals surface area contributed by atoms with Gasteiger partial charge in [0.1, 0.15) is 12.7 Å². The molecule has 7 heteroatoms. The number of rotatable bonds is 4. The number of nitrogens with zero attached hydrogens (tertiary/aromatic N) is 3. The van der Waals surface area contributed by atoms with Crippen LogP contribution >= 0.6 is 0 Å². The van der Waals surface area contributed by atoms with E-state index < -0.39 is 9.84 Å². The van der Waals surface area contributed by atoms with Gasteiger partial charge in [-0.05, 0) is 6.42 Å². The molecule has 1 atom stereocenters. The van der Waals surface area contributed by atoms with E-state index in [4.69, 9.17) is 0 Å². The molecule has 84 valence electrons. The maximum atomic E-state index is 11.2. The van der Waals surface area contributed by atoms with Crippen molar-refractivity contribution in [3.63, 3.8) is 0 Å². The van der Waals surface area contributed by atoms with Gasteiger partial charge in [-0.15, -0.1) is 0 Å². The van der Waals surface area contributed by atoms with Gasteiger partial charge in [-0.3, -0.25) is 4.68 Å². The normalized spacial score (nSPS) is 24.4. The van der Waals surface area contributed by atoms with Gasteiger partial charge in [0.25, 0.3) is 0 Å². The molecular formula is C8H14N4O2S. The molecule has 1 N–H and O–H groups in total. The molecule has 0 aromatic carbocycles. The van der Waals surface area contributed by atoms with Crippen molar-refractivity contribution in [2.24, 2.45) is 0 Å². The Labute approximate surface area is 88.6 Å². The lowest BCUT2D eigenvalue weighted by Gasteiger charge is -2.09. The predicted molar refractivity (Wildman–Crippen MR) is 55.1 cm³/mol. The Morgan fingerprint density at radius 1 is 1.53 bits per heavy atom. The van der Waals surface area contributed by atoms with E-state index in [0.717, 1.165) is 19.5 Å². The standard InChI is InChI=1S/C8H14N4O2S/c13-15(14)4-1-8(5-15)10-2-3-12-7-9-6-11-12/h6-8,10H,1-5H2. The van der Waals surface area contributed by atoms with Gasteiger partial charge in [0, 0.05) is 12.6 Å². The minimum atomic E-state index is -2.78. The number of hydrogen-bond acceptors (Lipinski definition) is 5. The fourth-order valence-corrected chi connectivity index (χ4v) is 3.40. The summed E-state index contributed by atoms with van der Waals surface area (Å²) < 4.78 is 24.0. The summed E-state index contributed by atoms with van der Waals surface area (Å²) in [5.41, 5.74) is 0. The lowest BCUT2D eigenvalue weighted by atomic mass is 10.3. The molecule has 1 aromatic rings. The van der Waals surface area contributed by atoms with Crippen LogP contribution in [0, 0.1) is 0 Å². The van der Waals surface area contributed by atoms with Gasteiger partial charge in [-0.2, -0.15) is 5.10 Å². The first-order valence-corrected chi connectivity index (χ1v) is 6.74. The third kappa shape index (κ3) is 3.00. The number of hydrogen-bond donors (Lipinski definition) is 1. The highest BCUT2D eigenvalue weighted by Crippen LogP contribution is 2.10. The average Bonchev–Trinajstić information content (AvgIpc) is 2.76. The maximum absolute atomic E-state index is 11.2. The fraction of sp³-hybridized carbons (Fsp3) is 0.750. The summed E-state index contributed by atoms with van der Waals surface area (Å²) in [5, 5.41) is 7.16. The summed E-state index contributed by atoms with van der Waals surface area (Å²) >= 11 is 0. The molecule has 1 aromatic heterocycles. The van der Waals surface area contributed by atoms with Gasteiger partial charge in [-0.1, -0.05) is 0 Å². The first-order valence-electron chi connectivity index (χ1n) is 4.92. The van der Waals surface area contributed by atoms with Crippen molar-refractivity contribution in [1.29, 1.82) is 0 Å². The quantitative estimate of drug-likeness (QED) is 0.722. The van der Waals surface area contributed by atoms with E-state index in [9.17, 15) is 8.42 Å². The van der Waals surface area contributed by atoms with Crippen molar-refractivity contribution in [3.8, 4) is 0 Å². The van der Waals surface area contributed by atoms with E-state index in [1.165, 1.54) is 6.33 Å². The molecule has 1 aliphatic heterocycles. The Kier molecular flexibility index (Phi) is 3.01. The molecule has 1 aliphatic rings. The molecule has 6 nitrogen and oxygen atoms in total. The lowest BCUT2D eigenvalue weighted by Crippen LogP contribution is -2.32. The highest BCUT2D eigenvalue weighted by molar-refractivity contribution is 7.91. The molecule has 1 fully saturated rings. The van der Waals surface area contributed by atoms with Crippen LogP contribution in [0.15, 0.2) is 12.7 Å². The van der Waals surface area contributed by atoms with E-state index in [0.29, 0.717) is 5.75 Å². The third-order valence-corrected chi connectivity index (χ3v) is 4.24. The van der Waals surface area contributed by atoms with Crippen LogP contribution in [0.25, 0.3) is 0 Å². The first-order chi connectivity index (χ1) is 7.16. The largest absolute Gasteiger partial charge is 0.311 e. The van der Waals surface area contributed by atoms with Crippen LogP contribution in [0.3, 0.4) is 0 Å². The second-order valence-electron chi connectivity index (χ2n) is 3.71. The monoisotopic (exact) mass is 230 g/mol. The first kappa shape index (κ1) is 10.6. The Morgan fingerprint density at radius 3 is 3.00 bits per heavy atom. The summed E-state index contributed by atoms with van der Waals surface area (Å²) in [5.74, 6) is 0.582. The van der Waals surface area contributed by atoms with Gasteiger partial charge >= 0.3 is 0 Å². The van der Waals surface area contributed by atoms with Crippen molar-refractivity contribution in [2.45, 2.75) is 19.0 Å². The second kappa shape index (κ2) is 4.28. The Hall–Kier alpha value is -0.950. The number of nitrogens with one attached hydrogen (secondary N) is 1. The van der Waals surface area contributed by atoms with E-state index in [-0.39, 0.29) is 11.8 Å².